The SMILES string of the molecule is CC[C@H](/C=C(\C)C[C@H](C)C[C@H](OC)[C@@H](C)[C@H](C[C@@H](C)C(O)(O)C(=O)C(=O)N1CCCC[C@H]1C(=O)O)OC)C(=O)C[C@H](O)[C@@H](C)[C@H](C)/C(C)=C/[C@@H]1CC[C@@H](O)[C@H](OC)C1. The van der Waals surface area contributed by atoms with E-state index in [4.69, 9.17) is 14.2 Å². The van der Waals surface area contributed by atoms with Gasteiger partial charge in [0.1, 0.15) is 11.8 Å². The van der Waals surface area contributed by atoms with Crippen LogP contribution in [-0.2, 0) is 33.4 Å². The van der Waals surface area contributed by atoms with Crippen LogP contribution < -0.4 is 0 Å². The summed E-state index contributed by atoms with van der Waals surface area (Å²) >= 11 is 0. The fourth-order valence-electron chi connectivity index (χ4n) is 8.99. The lowest BCUT2D eigenvalue weighted by molar-refractivity contribution is -0.209. The van der Waals surface area contributed by atoms with Gasteiger partial charge in [-0.25, -0.2) is 4.79 Å². The van der Waals surface area contributed by atoms with Gasteiger partial charge >= 0.3 is 5.97 Å². The summed E-state index contributed by atoms with van der Waals surface area (Å²) in [5.41, 5.74) is 2.23. The fraction of sp³-hybridized carbons (Fsp3) is 0.822. The summed E-state index contributed by atoms with van der Waals surface area (Å²) in [7, 11) is 4.72. The molecule has 2 rings (SSSR count). The molecule has 1 aliphatic carbocycles. The summed E-state index contributed by atoms with van der Waals surface area (Å²) in [6.07, 6.45) is 7.67. The van der Waals surface area contributed by atoms with E-state index >= 15 is 0 Å². The predicted molar refractivity (Wildman–Crippen MR) is 221 cm³/mol. The highest BCUT2D eigenvalue weighted by Gasteiger charge is 2.48. The standard InChI is InChI=1S/C45H77NO12/c1-12-34(38(49)25-37(48)31(7)30(6)28(4)22-33-16-17-36(47)41(24-33)58-11)20-26(2)19-27(3)21-39(56-9)32(8)40(57-10)23-29(5)45(54,55)42(50)43(51)46-18-14-13-15-35(46)44(52)53/h20,22,27,29-37,39-41,47-48,54-55H,12-19,21,23-25H2,1-11H3,(H,52,53)/b26-20+,28-22+/t27-,29+,30+,31-,32+,33-,34+,35-,36+,37-,39-,40-,41+/m0/s1. The summed E-state index contributed by atoms with van der Waals surface area (Å²) in [5, 5.41) is 52.8. The van der Waals surface area contributed by atoms with Gasteiger partial charge in [-0.1, -0.05) is 64.8 Å². The molecule has 0 aromatic carbocycles. The van der Waals surface area contributed by atoms with E-state index in [1.165, 1.54) is 19.6 Å². The molecule has 1 saturated heterocycles. The maximum absolute atomic E-state index is 13.5. The van der Waals surface area contributed by atoms with Crippen LogP contribution in [0.2, 0.25) is 0 Å². The van der Waals surface area contributed by atoms with Crippen LogP contribution in [0.15, 0.2) is 23.3 Å². The van der Waals surface area contributed by atoms with Crippen molar-refractivity contribution in [3.05, 3.63) is 23.3 Å². The van der Waals surface area contributed by atoms with Gasteiger partial charge in [0, 0.05) is 52.0 Å². The molecule has 0 spiro atoms. The molecule has 0 aromatic rings. The molecule has 2 aliphatic rings. The first-order valence-electron chi connectivity index (χ1n) is 21.5. The number of ether oxygens (including phenoxy) is 3. The number of Topliss-reactive ketones (excluding diaryl/α,β-unsaturated/α-hetero) is 2. The van der Waals surface area contributed by atoms with Crippen molar-refractivity contribution in [2.75, 3.05) is 27.9 Å². The van der Waals surface area contributed by atoms with Crippen molar-refractivity contribution in [1.29, 1.82) is 0 Å². The maximum Gasteiger partial charge on any atom is 0.326 e. The number of piperidine rings is 1. The lowest BCUT2D eigenvalue weighted by atomic mass is 9.79. The number of aliphatic hydroxyl groups excluding tert-OH is 2. The molecule has 13 nitrogen and oxygen atoms in total. The van der Waals surface area contributed by atoms with Crippen LogP contribution >= 0.6 is 0 Å². The van der Waals surface area contributed by atoms with Gasteiger partial charge in [0.05, 0.1) is 30.5 Å². The van der Waals surface area contributed by atoms with Crippen LogP contribution in [-0.4, -0.2) is 124 Å². The van der Waals surface area contributed by atoms with Gasteiger partial charge in [0.15, 0.2) is 0 Å². The Balaban J connectivity index is 2.00. The first-order valence-corrected chi connectivity index (χ1v) is 21.5. The molecule has 0 aromatic heterocycles. The molecule has 334 valence electrons. The summed E-state index contributed by atoms with van der Waals surface area (Å²) in [4.78, 5) is 52.3. The van der Waals surface area contributed by atoms with Crippen LogP contribution in [0.5, 0.6) is 0 Å². The van der Waals surface area contributed by atoms with Crippen molar-refractivity contribution in [1.82, 2.24) is 4.90 Å². The number of nitrogens with zero attached hydrogens (tertiary/aromatic N) is 1. The summed E-state index contributed by atoms with van der Waals surface area (Å²) in [6.45, 7) is 15.7. The number of ketones is 2. The highest BCUT2D eigenvalue weighted by Crippen LogP contribution is 2.34. The number of rotatable bonds is 24. The number of likely N-dealkylation sites (tertiary alicyclic amines) is 1. The van der Waals surface area contributed by atoms with Crippen LogP contribution in [0.1, 0.15) is 126 Å². The van der Waals surface area contributed by atoms with Gasteiger partial charge in [0.25, 0.3) is 11.7 Å². The molecule has 2 fully saturated rings. The van der Waals surface area contributed by atoms with Gasteiger partial charge in [0.2, 0.25) is 5.79 Å². The predicted octanol–water partition coefficient (Wildman–Crippen LogP) is 5.50. The van der Waals surface area contributed by atoms with Crippen LogP contribution in [0.25, 0.3) is 0 Å². The van der Waals surface area contributed by atoms with Gasteiger partial charge in [-0.15, -0.1) is 0 Å². The Kier molecular flexibility index (Phi) is 21.4. The Morgan fingerprint density at radius 1 is 0.879 bits per heavy atom. The number of amides is 1. The second-order valence-corrected chi connectivity index (χ2v) is 17.7. The minimum absolute atomic E-state index is 0.00833. The highest BCUT2D eigenvalue weighted by atomic mass is 16.5. The molecule has 5 N–H and O–H groups in total. The Hall–Kier alpha value is -2.52. The third-order valence-corrected chi connectivity index (χ3v) is 13.4. The molecular weight excluding hydrogens is 746 g/mol. The number of aliphatic carboxylic acids is 1. The maximum atomic E-state index is 13.5. The molecule has 1 amide bonds. The van der Waals surface area contributed by atoms with E-state index in [-0.39, 0.29) is 73.4 Å². The zero-order valence-electron chi connectivity index (χ0n) is 37.2. The lowest BCUT2D eigenvalue weighted by Gasteiger charge is -2.37. The Morgan fingerprint density at radius 3 is 2.07 bits per heavy atom. The van der Waals surface area contributed by atoms with E-state index in [1.54, 1.807) is 14.2 Å². The number of methoxy groups -OCH3 is 3. The summed E-state index contributed by atoms with van der Waals surface area (Å²) in [6, 6.07) is -1.19. The summed E-state index contributed by atoms with van der Waals surface area (Å²) in [5.74, 6) is -8.25. The number of carboxylic acid groups (broad SMARTS) is 1. The topological polar surface area (TPSA) is 200 Å². The number of hydrogen-bond acceptors (Lipinski definition) is 11. The monoisotopic (exact) mass is 824 g/mol. The molecule has 13 heteroatoms. The minimum Gasteiger partial charge on any atom is -0.480 e. The second-order valence-electron chi connectivity index (χ2n) is 17.7. The van der Waals surface area contributed by atoms with Crippen LogP contribution in [0, 0.1) is 41.4 Å². The minimum atomic E-state index is -3.03. The highest BCUT2D eigenvalue weighted by molar-refractivity contribution is 6.39. The van der Waals surface area contributed by atoms with Crippen molar-refractivity contribution >= 4 is 23.4 Å². The van der Waals surface area contributed by atoms with E-state index in [1.807, 2.05) is 33.8 Å². The van der Waals surface area contributed by atoms with Crippen LogP contribution in [0.3, 0.4) is 0 Å². The molecule has 0 bridgehead atoms. The first kappa shape index (κ1) is 51.6. The molecule has 1 heterocycles. The molecule has 13 atom stereocenters. The van der Waals surface area contributed by atoms with Crippen molar-refractivity contribution in [3.8, 4) is 0 Å². The summed E-state index contributed by atoms with van der Waals surface area (Å²) < 4.78 is 17.1. The third kappa shape index (κ3) is 14.3. The smallest absolute Gasteiger partial charge is 0.326 e. The molecular formula is C45H77NO12. The Labute approximate surface area is 347 Å². The number of carboxylic acids is 1. The molecule has 0 radical (unpaired) electrons. The van der Waals surface area contributed by atoms with Gasteiger partial charge < -0.3 is 44.6 Å². The van der Waals surface area contributed by atoms with E-state index in [0.29, 0.717) is 44.4 Å². The van der Waals surface area contributed by atoms with Crippen molar-refractivity contribution in [2.45, 2.75) is 168 Å². The number of carbonyl (C=O) groups is 4. The van der Waals surface area contributed by atoms with Crippen molar-refractivity contribution in [3.63, 3.8) is 0 Å². The lowest BCUT2D eigenvalue weighted by Crippen LogP contribution is -2.57. The fourth-order valence-corrected chi connectivity index (χ4v) is 8.99. The van der Waals surface area contributed by atoms with E-state index in [0.717, 1.165) is 23.3 Å². The van der Waals surface area contributed by atoms with E-state index in [2.05, 4.69) is 26.8 Å². The third-order valence-electron chi connectivity index (χ3n) is 13.4. The molecule has 0 unspecified atom stereocenters. The molecule has 1 saturated carbocycles. The van der Waals surface area contributed by atoms with Crippen LogP contribution in [0.4, 0.5) is 0 Å². The normalized spacial score (nSPS) is 25.8. The Bertz CT molecular complexity index is 1400. The number of hydrogen-bond donors (Lipinski definition) is 5. The zero-order chi connectivity index (χ0) is 44.1. The molecule has 58 heavy (non-hydrogen) atoms. The first-order chi connectivity index (χ1) is 27.1. The van der Waals surface area contributed by atoms with Gasteiger partial charge in [-0.05, 0) is 102 Å². The average molecular weight is 824 g/mol. The van der Waals surface area contributed by atoms with Gasteiger partial charge in [-0.3, -0.25) is 14.4 Å². The molecule has 1 aliphatic heterocycles. The number of carbonyl (C=O) groups excluding carboxylic acids is 3. The zero-order valence-corrected chi connectivity index (χ0v) is 37.2. The van der Waals surface area contributed by atoms with Crippen molar-refractivity contribution < 1.29 is 58.9 Å². The van der Waals surface area contributed by atoms with Gasteiger partial charge in [-0.2, -0.15) is 0 Å². The van der Waals surface area contributed by atoms with E-state index in [9.17, 15) is 44.7 Å². The largest absolute Gasteiger partial charge is 0.480 e. The average Bonchev–Trinajstić information content (AvgIpc) is 3.19. The number of aliphatic hydroxyl groups is 4. The second kappa shape index (κ2) is 24.1. The Morgan fingerprint density at radius 2 is 1.50 bits per heavy atom. The van der Waals surface area contributed by atoms with Crippen molar-refractivity contribution in [2.24, 2.45) is 41.4 Å². The number of allylic oxidation sites excluding steroid dienone is 4. The van der Waals surface area contributed by atoms with E-state index < -0.39 is 53.7 Å². The quantitative estimate of drug-likeness (QED) is 0.0466.